The molecule has 1 aliphatic heterocycles. The summed E-state index contributed by atoms with van der Waals surface area (Å²) in [7, 11) is -3.28. The SMILES string of the molecule is CCS(=O)(=O)ON1CCCC1. The summed E-state index contributed by atoms with van der Waals surface area (Å²) in [5.41, 5.74) is 0. The van der Waals surface area contributed by atoms with Crippen LogP contribution in [0.4, 0.5) is 0 Å². The molecular formula is C6H13NO3S. The average Bonchev–Trinajstić information content (AvgIpc) is 2.39. The second kappa shape index (κ2) is 3.51. The van der Waals surface area contributed by atoms with Gasteiger partial charge in [-0.15, -0.1) is 0 Å². The smallest absolute Gasteiger partial charge is 0.198 e. The van der Waals surface area contributed by atoms with Gasteiger partial charge in [-0.2, -0.15) is 17.8 Å². The maximum Gasteiger partial charge on any atom is 0.283 e. The summed E-state index contributed by atoms with van der Waals surface area (Å²) in [4.78, 5) is 0. The van der Waals surface area contributed by atoms with Crippen LogP contribution in [0, 0.1) is 0 Å². The highest BCUT2D eigenvalue weighted by Gasteiger charge is 2.18. The van der Waals surface area contributed by atoms with E-state index in [-0.39, 0.29) is 5.75 Å². The topological polar surface area (TPSA) is 46.6 Å². The van der Waals surface area contributed by atoms with Gasteiger partial charge in [0.25, 0.3) is 10.1 Å². The number of nitrogens with zero attached hydrogens (tertiary/aromatic N) is 1. The van der Waals surface area contributed by atoms with Crippen molar-refractivity contribution in [2.45, 2.75) is 19.8 Å². The van der Waals surface area contributed by atoms with Gasteiger partial charge in [-0.05, 0) is 19.8 Å². The number of hydrogen-bond acceptors (Lipinski definition) is 4. The van der Waals surface area contributed by atoms with Crippen LogP contribution in [-0.4, -0.2) is 32.3 Å². The highest BCUT2D eigenvalue weighted by atomic mass is 32.2. The molecule has 0 N–H and O–H groups in total. The monoisotopic (exact) mass is 179 g/mol. The van der Waals surface area contributed by atoms with Crippen LogP contribution in [0.1, 0.15) is 19.8 Å². The van der Waals surface area contributed by atoms with E-state index >= 15 is 0 Å². The largest absolute Gasteiger partial charge is 0.283 e. The van der Waals surface area contributed by atoms with Crippen molar-refractivity contribution in [1.82, 2.24) is 5.06 Å². The lowest BCUT2D eigenvalue weighted by molar-refractivity contribution is -0.0267. The Morgan fingerprint density at radius 2 is 1.91 bits per heavy atom. The first-order chi connectivity index (χ1) is 5.14. The van der Waals surface area contributed by atoms with Gasteiger partial charge in [0.2, 0.25) is 0 Å². The summed E-state index contributed by atoms with van der Waals surface area (Å²) in [6, 6.07) is 0. The lowest BCUT2D eigenvalue weighted by Gasteiger charge is -2.12. The summed E-state index contributed by atoms with van der Waals surface area (Å²) >= 11 is 0. The van der Waals surface area contributed by atoms with Crippen LogP contribution in [-0.2, 0) is 14.4 Å². The first-order valence-electron chi connectivity index (χ1n) is 3.81. The third-order valence-corrected chi connectivity index (χ3v) is 2.78. The molecule has 0 saturated carbocycles. The van der Waals surface area contributed by atoms with E-state index in [0.717, 1.165) is 25.9 Å². The fraction of sp³-hybridized carbons (Fsp3) is 1.00. The molecule has 0 aromatic heterocycles. The molecule has 0 bridgehead atoms. The van der Waals surface area contributed by atoms with Gasteiger partial charge in [-0.25, -0.2) is 0 Å². The summed E-state index contributed by atoms with van der Waals surface area (Å²) in [6.07, 6.45) is 2.05. The second-order valence-corrected chi connectivity index (χ2v) is 4.40. The molecule has 1 fully saturated rings. The van der Waals surface area contributed by atoms with Crippen LogP contribution in [0.3, 0.4) is 0 Å². The molecule has 11 heavy (non-hydrogen) atoms. The zero-order valence-electron chi connectivity index (χ0n) is 6.62. The van der Waals surface area contributed by atoms with Gasteiger partial charge in [0.15, 0.2) is 0 Å². The third kappa shape index (κ3) is 2.76. The van der Waals surface area contributed by atoms with Crippen molar-refractivity contribution in [3.05, 3.63) is 0 Å². The minimum Gasteiger partial charge on any atom is -0.198 e. The molecule has 0 atom stereocenters. The van der Waals surface area contributed by atoms with Crippen LogP contribution < -0.4 is 0 Å². The fourth-order valence-electron chi connectivity index (χ4n) is 0.976. The minimum atomic E-state index is -3.28. The predicted octanol–water partition coefficient (Wildman–Crippen LogP) is 0.363. The zero-order valence-corrected chi connectivity index (χ0v) is 7.43. The summed E-state index contributed by atoms with van der Waals surface area (Å²) in [6.45, 7) is 3.05. The van der Waals surface area contributed by atoms with Crippen LogP contribution in [0.5, 0.6) is 0 Å². The van der Waals surface area contributed by atoms with E-state index in [2.05, 4.69) is 0 Å². The van der Waals surface area contributed by atoms with Crippen molar-refractivity contribution in [3.8, 4) is 0 Å². The van der Waals surface area contributed by atoms with Gasteiger partial charge >= 0.3 is 0 Å². The summed E-state index contributed by atoms with van der Waals surface area (Å²) < 4.78 is 26.5. The van der Waals surface area contributed by atoms with Crippen molar-refractivity contribution in [2.75, 3.05) is 18.8 Å². The quantitative estimate of drug-likeness (QED) is 0.627. The summed E-state index contributed by atoms with van der Waals surface area (Å²) in [5.74, 6) is 0.0451. The Hall–Kier alpha value is -0.130. The van der Waals surface area contributed by atoms with Crippen molar-refractivity contribution in [1.29, 1.82) is 0 Å². The minimum absolute atomic E-state index is 0.0451. The van der Waals surface area contributed by atoms with Gasteiger partial charge in [-0.3, -0.25) is 0 Å². The Balaban J connectivity index is 2.41. The molecule has 4 nitrogen and oxygen atoms in total. The third-order valence-electron chi connectivity index (χ3n) is 1.64. The molecule has 1 rings (SSSR count). The van der Waals surface area contributed by atoms with Gasteiger partial charge in [-0.1, -0.05) is 0 Å². The standard InChI is InChI=1S/C6H13NO3S/c1-2-11(8,9)10-7-5-3-4-6-7/h2-6H2,1H3. The maximum atomic E-state index is 10.9. The van der Waals surface area contributed by atoms with E-state index in [1.54, 1.807) is 6.92 Å². The molecule has 0 unspecified atom stereocenters. The van der Waals surface area contributed by atoms with Crippen molar-refractivity contribution in [2.24, 2.45) is 0 Å². The first kappa shape index (κ1) is 8.96. The van der Waals surface area contributed by atoms with Gasteiger partial charge < -0.3 is 0 Å². The molecule has 1 heterocycles. The van der Waals surface area contributed by atoms with Crippen LogP contribution in [0.2, 0.25) is 0 Å². The number of rotatable bonds is 3. The lowest BCUT2D eigenvalue weighted by Crippen LogP contribution is -2.25. The van der Waals surface area contributed by atoms with E-state index in [0.29, 0.717) is 0 Å². The summed E-state index contributed by atoms with van der Waals surface area (Å²) in [5, 5.41) is 1.51. The van der Waals surface area contributed by atoms with Crippen molar-refractivity contribution >= 4 is 10.1 Å². The molecule has 0 radical (unpaired) electrons. The van der Waals surface area contributed by atoms with E-state index in [1.165, 1.54) is 5.06 Å². The van der Waals surface area contributed by atoms with Gasteiger partial charge in [0.05, 0.1) is 5.75 Å². The Labute approximate surface area is 67.2 Å². The molecule has 0 aliphatic carbocycles. The predicted molar refractivity (Wildman–Crippen MR) is 41.4 cm³/mol. The molecule has 0 aromatic rings. The van der Waals surface area contributed by atoms with E-state index in [9.17, 15) is 8.42 Å². The van der Waals surface area contributed by atoms with Gasteiger partial charge in [0, 0.05) is 13.1 Å². The molecule has 5 heteroatoms. The second-order valence-electron chi connectivity index (χ2n) is 2.56. The van der Waals surface area contributed by atoms with E-state index in [1.807, 2.05) is 0 Å². The Bertz CT molecular complexity index is 206. The molecule has 0 amide bonds. The maximum absolute atomic E-state index is 10.9. The van der Waals surface area contributed by atoms with Crippen LogP contribution in [0.25, 0.3) is 0 Å². The van der Waals surface area contributed by atoms with Crippen molar-refractivity contribution < 1.29 is 12.7 Å². The Morgan fingerprint density at radius 3 is 2.36 bits per heavy atom. The lowest BCUT2D eigenvalue weighted by atomic mass is 10.4. The zero-order chi connectivity index (χ0) is 8.32. The number of hydrogen-bond donors (Lipinski definition) is 0. The fourth-order valence-corrected chi connectivity index (χ4v) is 1.55. The van der Waals surface area contributed by atoms with Crippen molar-refractivity contribution in [3.63, 3.8) is 0 Å². The normalized spacial score (nSPS) is 20.8. The number of hydroxylamine groups is 2. The molecule has 1 saturated heterocycles. The Morgan fingerprint density at radius 1 is 1.36 bits per heavy atom. The molecule has 1 aliphatic rings. The molecule has 66 valence electrons. The van der Waals surface area contributed by atoms with E-state index in [4.69, 9.17) is 4.28 Å². The Kier molecular flexibility index (Phi) is 2.86. The van der Waals surface area contributed by atoms with Gasteiger partial charge in [0.1, 0.15) is 0 Å². The van der Waals surface area contributed by atoms with Crippen LogP contribution in [0.15, 0.2) is 0 Å². The molecule has 0 aromatic carbocycles. The highest BCUT2D eigenvalue weighted by molar-refractivity contribution is 7.86. The van der Waals surface area contributed by atoms with E-state index < -0.39 is 10.1 Å². The average molecular weight is 179 g/mol. The molecular weight excluding hydrogens is 166 g/mol. The molecule has 0 spiro atoms. The first-order valence-corrected chi connectivity index (χ1v) is 5.39. The highest BCUT2D eigenvalue weighted by Crippen LogP contribution is 2.10. The van der Waals surface area contributed by atoms with Crippen LogP contribution >= 0.6 is 0 Å².